The van der Waals surface area contributed by atoms with Gasteiger partial charge < -0.3 is 5.11 Å². The largest absolute Gasteiger partial charge is 0.490 e. The van der Waals surface area contributed by atoms with E-state index in [4.69, 9.17) is 9.90 Å². The number of aromatic nitrogens is 2. The van der Waals surface area contributed by atoms with Gasteiger partial charge in [0, 0.05) is 43.5 Å². The van der Waals surface area contributed by atoms with Crippen LogP contribution < -0.4 is 0 Å². The zero-order valence-corrected chi connectivity index (χ0v) is 18.8. The zero-order valence-electron chi connectivity index (χ0n) is 18.0. The Morgan fingerprint density at radius 1 is 1.06 bits per heavy atom. The van der Waals surface area contributed by atoms with Crippen molar-refractivity contribution in [3.63, 3.8) is 0 Å². The van der Waals surface area contributed by atoms with Crippen LogP contribution in [-0.4, -0.2) is 58.9 Å². The molecule has 3 aromatic rings. The van der Waals surface area contributed by atoms with Crippen LogP contribution in [0.3, 0.4) is 0 Å². The van der Waals surface area contributed by atoms with Crippen molar-refractivity contribution in [1.82, 2.24) is 14.9 Å². The maximum absolute atomic E-state index is 13.1. The first-order valence-corrected chi connectivity index (χ1v) is 11.9. The number of alkyl halides is 3. The van der Waals surface area contributed by atoms with E-state index in [0.29, 0.717) is 24.5 Å². The van der Waals surface area contributed by atoms with Gasteiger partial charge in [-0.05, 0) is 47.5 Å². The Hall–Kier alpha value is -3.38. The molecule has 0 saturated carbocycles. The number of hydrogen-bond donors (Lipinski definition) is 1. The first-order valence-electron chi connectivity index (χ1n) is 10.4. The highest BCUT2D eigenvalue weighted by molar-refractivity contribution is 7.92. The summed E-state index contributed by atoms with van der Waals surface area (Å²) in [5.74, 6) is -3.35. The van der Waals surface area contributed by atoms with E-state index < -0.39 is 33.2 Å². The van der Waals surface area contributed by atoms with Crippen molar-refractivity contribution in [2.75, 3.05) is 13.1 Å². The maximum atomic E-state index is 13.1. The number of nitrogens with zero attached hydrogens (tertiary/aromatic N) is 3. The Balaban J connectivity index is 0.000000364. The quantitative estimate of drug-likeness (QED) is 0.425. The minimum atomic E-state index is -5.08. The third-order valence-corrected chi connectivity index (χ3v) is 8.13. The maximum Gasteiger partial charge on any atom is 0.490 e. The molecule has 1 aromatic carbocycles. The molecule has 2 aliphatic heterocycles. The second-order valence-electron chi connectivity index (χ2n) is 8.13. The van der Waals surface area contributed by atoms with E-state index in [-0.39, 0.29) is 5.92 Å². The molecule has 4 heterocycles. The average molecular weight is 509 g/mol. The van der Waals surface area contributed by atoms with Crippen molar-refractivity contribution in [1.29, 1.82) is 0 Å². The van der Waals surface area contributed by atoms with Crippen LogP contribution in [0.1, 0.15) is 17.2 Å². The lowest BCUT2D eigenvalue weighted by Crippen LogP contribution is -2.26. The molecule has 1 fully saturated rings. The molecule has 35 heavy (non-hydrogen) atoms. The number of aliphatic carboxylic acids is 1. The van der Waals surface area contributed by atoms with Gasteiger partial charge in [-0.25, -0.2) is 18.2 Å². The number of carboxylic acids is 1. The Kier molecular flexibility index (Phi) is 6.60. The fourth-order valence-corrected chi connectivity index (χ4v) is 6.50. The van der Waals surface area contributed by atoms with Crippen LogP contribution in [0, 0.1) is 5.95 Å². The number of hydrogen-bond acceptors (Lipinski definition) is 6. The minimum Gasteiger partial charge on any atom is -0.475 e. The van der Waals surface area contributed by atoms with E-state index in [9.17, 15) is 26.0 Å². The van der Waals surface area contributed by atoms with Gasteiger partial charge in [-0.15, -0.1) is 0 Å². The first kappa shape index (κ1) is 24.7. The number of likely N-dealkylation sites (tertiary alicyclic amines) is 1. The van der Waals surface area contributed by atoms with Crippen molar-refractivity contribution in [2.24, 2.45) is 0 Å². The van der Waals surface area contributed by atoms with Gasteiger partial charge in [-0.2, -0.15) is 17.6 Å². The first-order chi connectivity index (χ1) is 16.5. The van der Waals surface area contributed by atoms with Gasteiger partial charge in [0.25, 0.3) is 0 Å². The van der Waals surface area contributed by atoms with E-state index in [0.717, 1.165) is 22.4 Å². The van der Waals surface area contributed by atoms with Gasteiger partial charge in [0.2, 0.25) is 5.95 Å². The van der Waals surface area contributed by atoms with Crippen LogP contribution in [0.15, 0.2) is 65.8 Å². The Bertz CT molecular complexity index is 1330. The molecule has 2 atom stereocenters. The van der Waals surface area contributed by atoms with Crippen molar-refractivity contribution < 1.29 is 35.9 Å². The standard InChI is InChI=1S/C21H18FN3O2S.C2HF3O2/c22-21-7-5-15(10-24-21)14-4-6-19-17(9-14)18-12-25(13-20(18)28(19,26)27)11-16-3-1-2-8-23-16;3-2(4,5)1(6)7/h1-10,18,20H,11-13H2;(H,6,7). The van der Waals surface area contributed by atoms with E-state index in [1.54, 1.807) is 24.4 Å². The fraction of sp³-hybridized carbons (Fsp3) is 0.261. The molecule has 2 unspecified atom stereocenters. The molecule has 184 valence electrons. The Morgan fingerprint density at radius 2 is 1.77 bits per heavy atom. The van der Waals surface area contributed by atoms with E-state index in [1.807, 2.05) is 24.3 Å². The normalized spacial score (nSPS) is 20.5. The molecular weight excluding hydrogens is 490 g/mol. The van der Waals surface area contributed by atoms with Gasteiger partial charge >= 0.3 is 12.1 Å². The number of sulfone groups is 1. The third kappa shape index (κ3) is 5.17. The molecule has 0 amide bonds. The molecular formula is C23H19F4N3O4S. The minimum absolute atomic E-state index is 0.0583. The van der Waals surface area contributed by atoms with Crippen molar-refractivity contribution in [2.45, 2.75) is 28.8 Å². The molecule has 0 spiro atoms. The van der Waals surface area contributed by atoms with Crippen molar-refractivity contribution in [3.05, 3.63) is 78.1 Å². The fourth-order valence-electron chi connectivity index (χ4n) is 4.30. The number of carboxylic acid groups (broad SMARTS) is 1. The monoisotopic (exact) mass is 509 g/mol. The van der Waals surface area contributed by atoms with Crippen LogP contribution in [-0.2, 0) is 21.2 Å². The van der Waals surface area contributed by atoms with Crippen LogP contribution in [0.2, 0.25) is 0 Å². The Morgan fingerprint density at radius 3 is 2.37 bits per heavy atom. The summed E-state index contributed by atoms with van der Waals surface area (Å²) in [5, 5.41) is 6.70. The SMILES string of the molecule is O=C(O)C(F)(F)F.O=S1(=O)c2ccc(-c3ccc(F)nc3)cc2C2CN(Cc3ccccn3)CC21. The summed E-state index contributed by atoms with van der Waals surface area (Å²) in [7, 11) is -3.35. The molecule has 0 radical (unpaired) electrons. The van der Waals surface area contributed by atoms with Gasteiger partial charge in [0.15, 0.2) is 9.84 Å². The molecule has 12 heteroatoms. The summed E-state index contributed by atoms with van der Waals surface area (Å²) in [6.07, 6.45) is -1.86. The number of carbonyl (C=O) groups is 1. The predicted octanol–water partition coefficient (Wildman–Crippen LogP) is 3.67. The number of benzene rings is 1. The van der Waals surface area contributed by atoms with Crippen LogP contribution in [0.5, 0.6) is 0 Å². The van der Waals surface area contributed by atoms with Gasteiger partial charge in [-0.1, -0.05) is 12.1 Å². The van der Waals surface area contributed by atoms with Crippen molar-refractivity contribution >= 4 is 15.8 Å². The molecule has 2 aliphatic rings. The number of rotatable bonds is 3. The summed E-state index contributed by atoms with van der Waals surface area (Å²) in [4.78, 5) is 19.5. The Labute approximate surface area is 198 Å². The highest BCUT2D eigenvalue weighted by Crippen LogP contribution is 2.46. The third-order valence-electron chi connectivity index (χ3n) is 5.87. The molecule has 2 aromatic heterocycles. The molecule has 1 N–H and O–H groups in total. The van der Waals surface area contributed by atoms with E-state index in [2.05, 4.69) is 14.9 Å². The summed E-state index contributed by atoms with van der Waals surface area (Å²) >= 11 is 0. The lowest BCUT2D eigenvalue weighted by Gasteiger charge is -2.17. The average Bonchev–Trinajstić information content (AvgIpc) is 3.31. The smallest absolute Gasteiger partial charge is 0.475 e. The highest BCUT2D eigenvalue weighted by Gasteiger charge is 2.50. The molecule has 0 bridgehead atoms. The lowest BCUT2D eigenvalue weighted by molar-refractivity contribution is -0.192. The molecule has 5 rings (SSSR count). The molecule has 7 nitrogen and oxygen atoms in total. The second-order valence-corrected chi connectivity index (χ2v) is 10.3. The van der Waals surface area contributed by atoms with Gasteiger partial charge in [-0.3, -0.25) is 9.88 Å². The van der Waals surface area contributed by atoms with Crippen LogP contribution in [0.25, 0.3) is 11.1 Å². The zero-order chi connectivity index (χ0) is 25.4. The second kappa shape index (κ2) is 9.34. The van der Waals surface area contributed by atoms with E-state index >= 15 is 0 Å². The lowest BCUT2D eigenvalue weighted by atomic mass is 9.95. The summed E-state index contributed by atoms with van der Waals surface area (Å²) in [5.41, 5.74) is 3.42. The van der Waals surface area contributed by atoms with Gasteiger partial charge in [0.05, 0.1) is 15.8 Å². The summed E-state index contributed by atoms with van der Waals surface area (Å²) < 4.78 is 71.0. The molecule has 1 saturated heterocycles. The number of fused-ring (bicyclic) bond motifs is 3. The predicted molar refractivity (Wildman–Crippen MR) is 117 cm³/mol. The van der Waals surface area contributed by atoms with Crippen LogP contribution in [0.4, 0.5) is 17.6 Å². The topological polar surface area (TPSA) is 100 Å². The number of pyridine rings is 2. The molecule has 0 aliphatic carbocycles. The summed E-state index contributed by atoms with van der Waals surface area (Å²) in [6, 6.07) is 14.1. The van der Waals surface area contributed by atoms with Gasteiger partial charge in [0.1, 0.15) is 0 Å². The van der Waals surface area contributed by atoms with Crippen LogP contribution >= 0.6 is 0 Å². The number of halogens is 4. The highest BCUT2D eigenvalue weighted by atomic mass is 32.2. The van der Waals surface area contributed by atoms with E-state index in [1.165, 1.54) is 12.3 Å². The summed E-state index contributed by atoms with van der Waals surface area (Å²) in [6.45, 7) is 1.82. The van der Waals surface area contributed by atoms with Crippen molar-refractivity contribution in [3.8, 4) is 11.1 Å².